The largest absolute Gasteiger partial charge is 0.396 e. The van der Waals surface area contributed by atoms with Crippen LogP contribution in [0.5, 0.6) is 0 Å². The number of aromatic nitrogens is 2. The standard InChI is InChI=1S/C22H25FN6O2/c1-22(2)17-19(28-21(22)30)26-18(27-20(17)29-9-11-31-12-10-29)16(24)7-8-25-13-14-5-3-4-6-15(14)23/h3-8H,9-13,24H2,1-2H3,(H,26,27,28,30). The third-order valence-electron chi connectivity index (χ3n) is 5.46. The lowest BCUT2D eigenvalue weighted by Crippen LogP contribution is -2.39. The van der Waals surface area contributed by atoms with Crippen molar-refractivity contribution < 1.29 is 13.9 Å². The number of nitrogens with zero attached hydrogens (tertiary/aromatic N) is 4. The van der Waals surface area contributed by atoms with Crippen molar-refractivity contribution >= 4 is 29.5 Å². The van der Waals surface area contributed by atoms with Gasteiger partial charge in [-0.05, 0) is 26.0 Å². The molecular formula is C22H25FN6O2. The van der Waals surface area contributed by atoms with Crippen molar-refractivity contribution in [2.45, 2.75) is 25.8 Å². The number of fused-ring (bicyclic) bond motifs is 1. The molecule has 0 radical (unpaired) electrons. The van der Waals surface area contributed by atoms with Crippen molar-refractivity contribution in [1.29, 1.82) is 0 Å². The van der Waals surface area contributed by atoms with E-state index in [1.165, 1.54) is 12.3 Å². The summed E-state index contributed by atoms with van der Waals surface area (Å²) in [5.74, 6) is 1.03. The molecule has 2 aliphatic rings. The van der Waals surface area contributed by atoms with Gasteiger partial charge in [0.15, 0.2) is 5.82 Å². The zero-order valence-electron chi connectivity index (χ0n) is 17.6. The van der Waals surface area contributed by atoms with E-state index in [0.29, 0.717) is 55.0 Å². The minimum Gasteiger partial charge on any atom is -0.396 e. The lowest BCUT2D eigenvalue weighted by molar-refractivity contribution is -0.119. The lowest BCUT2D eigenvalue weighted by atomic mass is 9.87. The quantitative estimate of drug-likeness (QED) is 0.714. The van der Waals surface area contributed by atoms with Gasteiger partial charge in [-0.15, -0.1) is 0 Å². The molecule has 2 aromatic rings. The van der Waals surface area contributed by atoms with Gasteiger partial charge in [-0.3, -0.25) is 9.79 Å². The zero-order chi connectivity index (χ0) is 22.0. The minimum atomic E-state index is -0.749. The van der Waals surface area contributed by atoms with Crippen LogP contribution in [0.3, 0.4) is 0 Å². The van der Waals surface area contributed by atoms with Crippen LogP contribution in [0.1, 0.15) is 30.8 Å². The summed E-state index contributed by atoms with van der Waals surface area (Å²) >= 11 is 0. The molecule has 0 saturated carbocycles. The molecule has 31 heavy (non-hydrogen) atoms. The molecule has 3 heterocycles. The Hall–Kier alpha value is -3.33. The maximum Gasteiger partial charge on any atom is 0.235 e. The summed E-state index contributed by atoms with van der Waals surface area (Å²) < 4.78 is 19.2. The van der Waals surface area contributed by atoms with Gasteiger partial charge in [-0.1, -0.05) is 18.2 Å². The molecule has 1 amide bonds. The molecular weight excluding hydrogens is 399 g/mol. The van der Waals surface area contributed by atoms with Crippen LogP contribution in [0.2, 0.25) is 0 Å². The van der Waals surface area contributed by atoms with Crippen LogP contribution in [-0.2, 0) is 21.5 Å². The average Bonchev–Trinajstić information content (AvgIpc) is 3.00. The van der Waals surface area contributed by atoms with Gasteiger partial charge in [0.1, 0.15) is 17.5 Å². The molecule has 0 aliphatic carbocycles. The highest BCUT2D eigenvalue weighted by Crippen LogP contribution is 2.42. The molecule has 1 aromatic carbocycles. The second kappa shape index (κ2) is 8.43. The Kier molecular flexibility index (Phi) is 5.69. The van der Waals surface area contributed by atoms with Crippen LogP contribution in [-0.4, -0.2) is 48.4 Å². The summed E-state index contributed by atoms with van der Waals surface area (Å²) in [7, 11) is 0. The third kappa shape index (κ3) is 4.13. The first-order valence-corrected chi connectivity index (χ1v) is 10.1. The van der Waals surface area contributed by atoms with E-state index in [4.69, 9.17) is 15.5 Å². The topological polar surface area (TPSA) is 106 Å². The maximum absolute atomic E-state index is 13.7. The minimum absolute atomic E-state index is 0.127. The van der Waals surface area contributed by atoms with Gasteiger partial charge in [-0.25, -0.2) is 14.4 Å². The Morgan fingerprint density at radius 1 is 1.32 bits per heavy atom. The van der Waals surface area contributed by atoms with Crippen molar-refractivity contribution in [2.75, 3.05) is 36.5 Å². The average molecular weight is 424 g/mol. The van der Waals surface area contributed by atoms with E-state index < -0.39 is 5.41 Å². The second-order valence-electron chi connectivity index (χ2n) is 7.98. The molecule has 0 atom stereocenters. The number of hydrogen-bond donors (Lipinski definition) is 2. The first-order valence-electron chi connectivity index (χ1n) is 10.1. The first-order chi connectivity index (χ1) is 14.9. The van der Waals surface area contributed by atoms with Crippen molar-refractivity contribution in [3.05, 3.63) is 53.1 Å². The number of benzene rings is 1. The highest BCUT2D eigenvalue weighted by Gasteiger charge is 2.43. The molecule has 8 nitrogen and oxygen atoms in total. The van der Waals surface area contributed by atoms with Gasteiger partial charge in [0, 0.05) is 24.9 Å². The fourth-order valence-corrected chi connectivity index (χ4v) is 3.61. The number of amides is 1. The van der Waals surface area contributed by atoms with E-state index >= 15 is 0 Å². The number of hydrogen-bond acceptors (Lipinski definition) is 7. The van der Waals surface area contributed by atoms with Crippen molar-refractivity contribution in [2.24, 2.45) is 10.7 Å². The number of allylic oxidation sites excluding steroid dienone is 1. The summed E-state index contributed by atoms with van der Waals surface area (Å²) in [6.45, 7) is 6.42. The van der Waals surface area contributed by atoms with E-state index in [-0.39, 0.29) is 18.3 Å². The first kappa shape index (κ1) is 20.9. The Morgan fingerprint density at radius 2 is 2.06 bits per heavy atom. The normalized spacial score (nSPS) is 18.4. The third-order valence-corrected chi connectivity index (χ3v) is 5.46. The number of carbonyl (C=O) groups is 1. The fraction of sp³-hybridized carbons (Fsp3) is 0.364. The van der Waals surface area contributed by atoms with Gasteiger partial charge in [0.05, 0.1) is 36.4 Å². The Morgan fingerprint density at radius 3 is 2.81 bits per heavy atom. The predicted molar refractivity (Wildman–Crippen MR) is 117 cm³/mol. The van der Waals surface area contributed by atoms with E-state index in [1.807, 2.05) is 13.8 Å². The number of halogens is 1. The fourth-order valence-electron chi connectivity index (χ4n) is 3.61. The van der Waals surface area contributed by atoms with Crippen LogP contribution < -0.4 is 16.0 Å². The van der Waals surface area contributed by atoms with Gasteiger partial charge in [0.25, 0.3) is 0 Å². The SMILES string of the molecule is CC1(C)C(=O)Nc2nc(C(N)=CC=NCc3ccccc3F)nc(N3CCOCC3)c21. The van der Waals surface area contributed by atoms with E-state index in [1.54, 1.807) is 24.3 Å². The molecule has 0 spiro atoms. The molecule has 1 fully saturated rings. The molecule has 9 heteroatoms. The highest BCUT2D eigenvalue weighted by molar-refractivity contribution is 6.06. The van der Waals surface area contributed by atoms with Gasteiger partial charge in [0.2, 0.25) is 5.91 Å². The number of ether oxygens (including phenoxy) is 1. The van der Waals surface area contributed by atoms with Crippen LogP contribution in [0.15, 0.2) is 35.3 Å². The second-order valence-corrected chi connectivity index (χ2v) is 7.98. The number of anilines is 2. The molecule has 4 rings (SSSR count). The van der Waals surface area contributed by atoms with E-state index in [9.17, 15) is 9.18 Å². The highest BCUT2D eigenvalue weighted by atomic mass is 19.1. The molecule has 1 aromatic heterocycles. The molecule has 3 N–H and O–H groups in total. The zero-order valence-corrected chi connectivity index (χ0v) is 17.6. The molecule has 1 saturated heterocycles. The monoisotopic (exact) mass is 424 g/mol. The van der Waals surface area contributed by atoms with Crippen molar-refractivity contribution in [1.82, 2.24) is 9.97 Å². The molecule has 162 valence electrons. The summed E-state index contributed by atoms with van der Waals surface area (Å²) in [6, 6.07) is 6.48. The lowest BCUT2D eigenvalue weighted by Gasteiger charge is -2.31. The van der Waals surface area contributed by atoms with Crippen molar-refractivity contribution in [3.63, 3.8) is 0 Å². The van der Waals surface area contributed by atoms with Crippen LogP contribution in [0, 0.1) is 5.82 Å². The van der Waals surface area contributed by atoms with Crippen LogP contribution in [0.4, 0.5) is 16.0 Å². The van der Waals surface area contributed by atoms with E-state index in [2.05, 4.69) is 20.2 Å². The Bertz CT molecular complexity index is 1060. The number of morpholine rings is 1. The Labute approximate surface area is 180 Å². The molecule has 0 unspecified atom stereocenters. The smallest absolute Gasteiger partial charge is 0.235 e. The van der Waals surface area contributed by atoms with Gasteiger partial charge in [-0.2, -0.15) is 0 Å². The number of nitrogens with two attached hydrogens (primary N) is 1. The van der Waals surface area contributed by atoms with Gasteiger partial charge >= 0.3 is 0 Å². The Balaban J connectivity index is 1.63. The van der Waals surface area contributed by atoms with Crippen molar-refractivity contribution in [3.8, 4) is 0 Å². The summed E-state index contributed by atoms with van der Waals surface area (Å²) in [4.78, 5) is 28.0. The van der Waals surface area contributed by atoms with Crippen LogP contribution >= 0.6 is 0 Å². The number of nitrogens with one attached hydrogen (secondary N) is 1. The number of rotatable bonds is 5. The number of aliphatic imine (C=N–C) groups is 1. The summed E-state index contributed by atoms with van der Waals surface area (Å²) in [6.07, 6.45) is 3.09. The molecule has 2 aliphatic heterocycles. The van der Waals surface area contributed by atoms with Gasteiger partial charge < -0.3 is 20.7 Å². The summed E-state index contributed by atoms with van der Waals surface area (Å²) in [5.41, 5.74) is 7.03. The van der Waals surface area contributed by atoms with E-state index in [0.717, 1.165) is 5.56 Å². The predicted octanol–water partition coefficient (Wildman–Crippen LogP) is 2.25. The maximum atomic E-state index is 13.7. The summed E-state index contributed by atoms with van der Waals surface area (Å²) in [5, 5.41) is 2.85. The van der Waals surface area contributed by atoms with Crippen LogP contribution in [0.25, 0.3) is 5.70 Å². The number of carbonyl (C=O) groups excluding carboxylic acids is 1. The molecule has 0 bridgehead atoms.